The summed E-state index contributed by atoms with van der Waals surface area (Å²) in [4.78, 5) is 8.65. The van der Waals surface area contributed by atoms with Gasteiger partial charge in [-0.05, 0) is 50.4 Å². The summed E-state index contributed by atoms with van der Waals surface area (Å²) in [6, 6.07) is 0. The largest absolute Gasteiger partial charge is 0.382 e. The summed E-state index contributed by atoms with van der Waals surface area (Å²) in [5, 5.41) is 11.7. The summed E-state index contributed by atoms with van der Waals surface area (Å²) in [5.41, 5.74) is 0.213. The molecule has 112 valence electrons. The van der Waals surface area contributed by atoms with Gasteiger partial charge in [0.1, 0.15) is 11.8 Å². The van der Waals surface area contributed by atoms with Crippen LogP contribution in [0.3, 0.4) is 0 Å². The highest BCUT2D eigenvalue weighted by molar-refractivity contribution is 8.29. The maximum atomic E-state index is 10.7. The molecule has 0 amide bonds. The lowest BCUT2D eigenvalue weighted by atomic mass is 9.72. The minimum absolute atomic E-state index is 0.282. The van der Waals surface area contributed by atoms with Crippen LogP contribution in [-0.2, 0) is 0 Å². The van der Waals surface area contributed by atoms with Crippen molar-refractivity contribution in [3.8, 4) is 0 Å². The second-order valence-corrected chi connectivity index (χ2v) is 9.29. The first-order valence-corrected chi connectivity index (χ1v) is 8.88. The second kappa shape index (κ2) is 5.19. The molecule has 1 aromatic rings. The molecule has 0 aromatic carbocycles. The Morgan fingerprint density at radius 3 is 2.85 bits per heavy atom. The lowest BCUT2D eigenvalue weighted by molar-refractivity contribution is 0.149. The number of imidazole rings is 1. The van der Waals surface area contributed by atoms with Gasteiger partial charge in [0.15, 0.2) is 5.82 Å². The fraction of sp³-hybridized carbons (Fsp3) is 0.733. The zero-order chi connectivity index (χ0) is 14.3. The van der Waals surface area contributed by atoms with Crippen molar-refractivity contribution in [1.82, 2.24) is 8.96 Å². The molecule has 1 fully saturated rings. The Bertz CT molecular complexity index is 513. The molecule has 0 radical (unpaired) electrons. The topological polar surface area (TPSA) is 50.4 Å². The molecule has 3 rings (SSSR count). The molecule has 2 aliphatic rings. The zero-order valence-electron chi connectivity index (χ0n) is 12.6. The van der Waals surface area contributed by atoms with E-state index in [1.54, 1.807) is 6.20 Å². The van der Waals surface area contributed by atoms with Gasteiger partial charge in [0.05, 0.1) is 11.2 Å². The van der Waals surface area contributed by atoms with Gasteiger partial charge in [-0.25, -0.2) is 9.98 Å². The Kier molecular flexibility index (Phi) is 3.67. The molecule has 2 heterocycles. The smallest absolute Gasteiger partial charge is 0.162 e. The Morgan fingerprint density at radius 1 is 1.45 bits per heavy atom. The highest BCUT2D eigenvalue weighted by Gasteiger charge is 2.32. The van der Waals surface area contributed by atoms with Gasteiger partial charge in [-0.15, -0.1) is 11.1 Å². The number of aliphatic hydroxyl groups excluding tert-OH is 1. The third-order valence-electron chi connectivity index (χ3n) is 4.73. The molecule has 0 spiro atoms. The van der Waals surface area contributed by atoms with Crippen molar-refractivity contribution >= 4 is 21.9 Å². The molecule has 5 heteroatoms. The molecule has 1 aliphatic heterocycles. The van der Waals surface area contributed by atoms with Crippen molar-refractivity contribution in [2.75, 3.05) is 0 Å². The number of fused-ring (bicyclic) bond motifs is 1. The van der Waals surface area contributed by atoms with Gasteiger partial charge in [-0.2, -0.15) is 0 Å². The molecule has 0 saturated heterocycles. The van der Waals surface area contributed by atoms with Crippen LogP contribution in [0.4, 0.5) is 5.82 Å². The van der Waals surface area contributed by atoms with Crippen molar-refractivity contribution in [1.29, 1.82) is 0 Å². The van der Waals surface area contributed by atoms with Gasteiger partial charge in [-0.3, -0.25) is 3.97 Å². The lowest BCUT2D eigenvalue weighted by Crippen LogP contribution is -2.25. The molecule has 4 nitrogen and oxygen atoms in total. The van der Waals surface area contributed by atoms with Crippen molar-refractivity contribution in [3.63, 3.8) is 0 Å². The first kappa shape index (κ1) is 14.1. The summed E-state index contributed by atoms with van der Waals surface area (Å²) in [6.45, 7) is 6.75. The average molecular weight is 295 g/mol. The van der Waals surface area contributed by atoms with Crippen molar-refractivity contribution < 1.29 is 5.11 Å². The first-order valence-electron chi connectivity index (χ1n) is 7.51. The summed E-state index contributed by atoms with van der Waals surface area (Å²) in [7, 11) is 0. The Hall–Kier alpha value is -0.810. The van der Waals surface area contributed by atoms with Crippen molar-refractivity contribution in [3.05, 3.63) is 12.5 Å². The zero-order valence-corrected chi connectivity index (χ0v) is 13.5. The van der Waals surface area contributed by atoms with Crippen LogP contribution < -0.4 is 0 Å². The lowest BCUT2D eigenvalue weighted by Gasteiger charge is -2.36. The van der Waals surface area contributed by atoms with Gasteiger partial charge < -0.3 is 5.11 Å². The van der Waals surface area contributed by atoms with Crippen LogP contribution in [-0.4, -0.2) is 24.5 Å². The van der Waals surface area contributed by atoms with Crippen LogP contribution in [0.25, 0.3) is 0 Å². The fourth-order valence-electron chi connectivity index (χ4n) is 3.35. The highest BCUT2D eigenvalue weighted by atomic mass is 32.2. The standard InChI is InChI=1S/C15H25N3OS/c1-11-17-13-9-16-10-18(13)20(11)14(19)8-12-4-6-15(2,3)7-5-12/h9-10,12,14,19-20H,4-8H2,1-3H3. The Morgan fingerprint density at radius 2 is 2.15 bits per heavy atom. The number of aromatic nitrogens is 2. The van der Waals surface area contributed by atoms with E-state index in [2.05, 4.69) is 27.8 Å². The maximum absolute atomic E-state index is 10.7. The highest BCUT2D eigenvalue weighted by Crippen LogP contribution is 2.47. The van der Waals surface area contributed by atoms with Crippen LogP contribution in [0.1, 0.15) is 52.9 Å². The van der Waals surface area contributed by atoms with E-state index in [0.717, 1.165) is 17.3 Å². The third-order valence-corrected chi connectivity index (χ3v) is 7.04. The van der Waals surface area contributed by atoms with E-state index in [-0.39, 0.29) is 5.44 Å². The first-order chi connectivity index (χ1) is 9.46. The molecule has 1 saturated carbocycles. The molecule has 1 aliphatic carbocycles. The average Bonchev–Trinajstić information content (AvgIpc) is 2.91. The van der Waals surface area contributed by atoms with Gasteiger partial charge >= 0.3 is 0 Å². The van der Waals surface area contributed by atoms with Crippen LogP contribution in [0.2, 0.25) is 0 Å². The summed E-state index contributed by atoms with van der Waals surface area (Å²) >= 11 is -0.735. The molecule has 1 aromatic heterocycles. The number of rotatable bonds is 3. The van der Waals surface area contributed by atoms with Crippen molar-refractivity contribution in [2.45, 2.75) is 58.3 Å². The monoisotopic (exact) mass is 295 g/mol. The predicted octanol–water partition coefficient (Wildman–Crippen LogP) is 3.64. The summed E-state index contributed by atoms with van der Waals surface area (Å²) in [5.74, 6) is 1.57. The van der Waals surface area contributed by atoms with E-state index in [0.29, 0.717) is 11.3 Å². The van der Waals surface area contributed by atoms with Crippen LogP contribution in [0.15, 0.2) is 17.5 Å². The van der Waals surface area contributed by atoms with E-state index < -0.39 is 11.1 Å². The van der Waals surface area contributed by atoms with E-state index in [4.69, 9.17) is 0 Å². The minimum Gasteiger partial charge on any atom is -0.382 e. The Labute approximate surface area is 123 Å². The molecule has 0 bridgehead atoms. The van der Waals surface area contributed by atoms with Gasteiger partial charge in [0.2, 0.25) is 0 Å². The van der Waals surface area contributed by atoms with Crippen LogP contribution in [0.5, 0.6) is 0 Å². The predicted molar refractivity (Wildman–Crippen MR) is 85.7 cm³/mol. The quantitative estimate of drug-likeness (QED) is 0.837. The van der Waals surface area contributed by atoms with E-state index >= 15 is 0 Å². The number of aliphatic imine (C=N–C) groups is 1. The Balaban J connectivity index is 1.63. The van der Waals surface area contributed by atoms with E-state index in [1.165, 1.54) is 25.7 Å². The molecular weight excluding hydrogens is 270 g/mol. The minimum atomic E-state index is -0.735. The van der Waals surface area contributed by atoms with Crippen LogP contribution >= 0.6 is 11.1 Å². The van der Waals surface area contributed by atoms with Crippen molar-refractivity contribution in [2.24, 2.45) is 16.3 Å². The molecule has 1 N–H and O–H groups in total. The molecule has 2 atom stereocenters. The van der Waals surface area contributed by atoms with Gasteiger partial charge in [0.25, 0.3) is 0 Å². The number of nitrogens with zero attached hydrogens (tertiary/aromatic N) is 3. The number of thiol groups is 1. The normalized spacial score (nSPS) is 29.0. The number of hydrogen-bond acceptors (Lipinski definition) is 3. The molecule has 2 unspecified atom stereocenters. The van der Waals surface area contributed by atoms with Gasteiger partial charge in [0, 0.05) is 0 Å². The van der Waals surface area contributed by atoms with E-state index in [1.807, 2.05) is 13.3 Å². The van der Waals surface area contributed by atoms with Gasteiger partial charge in [-0.1, -0.05) is 13.8 Å². The number of hydrogen-bond donors (Lipinski definition) is 2. The van der Waals surface area contributed by atoms with Crippen LogP contribution in [0, 0.1) is 11.3 Å². The fourth-order valence-corrected chi connectivity index (χ4v) is 5.57. The third kappa shape index (κ3) is 2.66. The SMILES string of the molecule is CC1=Nc2cncn2[SH]1C(O)CC1CCC(C)(C)CC1. The maximum Gasteiger partial charge on any atom is 0.162 e. The second-order valence-electron chi connectivity index (χ2n) is 6.92. The number of aliphatic hydroxyl groups is 1. The summed E-state index contributed by atoms with van der Waals surface area (Å²) in [6.07, 6.45) is 9.57. The van der Waals surface area contributed by atoms with E-state index in [9.17, 15) is 5.11 Å². The molecule has 20 heavy (non-hydrogen) atoms. The summed E-state index contributed by atoms with van der Waals surface area (Å²) < 4.78 is 2.07. The molecular formula is C15H25N3OS.